The number of hydrogen-bond acceptors (Lipinski definition) is 9. The van der Waals surface area contributed by atoms with Gasteiger partial charge < -0.3 is 9.47 Å². The molecule has 1 N–H and O–H groups in total. The zero-order valence-corrected chi connectivity index (χ0v) is 22.0. The molecule has 0 saturated heterocycles. The lowest BCUT2D eigenvalue weighted by Crippen LogP contribution is -2.42. The molecule has 0 aromatic rings. The third-order valence-electron chi connectivity index (χ3n) is 5.56. The molecule has 1 unspecified atom stereocenters. The Labute approximate surface area is 221 Å². The van der Waals surface area contributed by atoms with Gasteiger partial charge in [-0.05, 0) is 32.1 Å². The van der Waals surface area contributed by atoms with Gasteiger partial charge in [0.05, 0.1) is 33.0 Å². The van der Waals surface area contributed by atoms with Crippen molar-refractivity contribution in [2.75, 3.05) is 46.2 Å². The maximum absolute atomic E-state index is 11.8. The summed E-state index contributed by atoms with van der Waals surface area (Å²) in [5.74, 6) is -0.509. The minimum absolute atomic E-state index is 0.0176. The standard InChI is InChI=1S/C28H44O9/c1-7-13-15-27(16-14-8-2,22-32-26(29)12-6)20-31-21-28(19-25(11-5)37-30,23-35-33-17-9-3)24-36-34-18-10-4/h7-12,25,30H,1-6,13-24H2. The Bertz CT molecular complexity index is 661. The number of carbonyl (C=O) groups excluding carboxylic acids is 1. The molecule has 0 heterocycles. The highest BCUT2D eigenvalue weighted by atomic mass is 17.2. The fourth-order valence-corrected chi connectivity index (χ4v) is 3.46. The van der Waals surface area contributed by atoms with Crippen molar-refractivity contribution in [1.82, 2.24) is 0 Å². The Morgan fingerprint density at radius 1 is 0.730 bits per heavy atom. The van der Waals surface area contributed by atoms with Crippen molar-refractivity contribution in [3.63, 3.8) is 0 Å². The van der Waals surface area contributed by atoms with Gasteiger partial charge in [0.1, 0.15) is 19.3 Å². The van der Waals surface area contributed by atoms with E-state index < -0.39 is 22.9 Å². The summed E-state index contributed by atoms with van der Waals surface area (Å²) in [7, 11) is 0. The normalized spacial score (nSPS) is 12.4. The molecule has 0 aliphatic heterocycles. The molecular weight excluding hydrogens is 480 g/mol. The van der Waals surface area contributed by atoms with Crippen molar-refractivity contribution in [3.8, 4) is 0 Å². The summed E-state index contributed by atoms with van der Waals surface area (Å²) < 4.78 is 11.7. The summed E-state index contributed by atoms with van der Waals surface area (Å²) in [5.41, 5.74) is -1.39. The van der Waals surface area contributed by atoms with Crippen molar-refractivity contribution in [2.24, 2.45) is 10.8 Å². The van der Waals surface area contributed by atoms with Gasteiger partial charge in [0.2, 0.25) is 0 Å². The van der Waals surface area contributed by atoms with E-state index in [0.717, 1.165) is 6.08 Å². The lowest BCUT2D eigenvalue weighted by atomic mass is 9.80. The summed E-state index contributed by atoms with van der Waals surface area (Å²) in [5, 5.41) is 9.34. The molecule has 0 aliphatic carbocycles. The van der Waals surface area contributed by atoms with Gasteiger partial charge in [-0.2, -0.15) is 0 Å². The van der Waals surface area contributed by atoms with Crippen LogP contribution in [0.1, 0.15) is 32.1 Å². The largest absolute Gasteiger partial charge is 0.462 e. The van der Waals surface area contributed by atoms with Gasteiger partial charge in [0.15, 0.2) is 0 Å². The number of carbonyl (C=O) groups is 1. The SMILES string of the molecule is C=CCCC(CCC=C)(COCC(COOCC=C)(COOCC=C)CC(C=C)OO)COC(=O)C=C. The average Bonchev–Trinajstić information content (AvgIpc) is 2.92. The van der Waals surface area contributed by atoms with Crippen LogP contribution in [0.2, 0.25) is 0 Å². The molecule has 0 bridgehead atoms. The summed E-state index contributed by atoms with van der Waals surface area (Å²) in [4.78, 5) is 37.5. The summed E-state index contributed by atoms with van der Waals surface area (Å²) in [6, 6.07) is 0. The van der Waals surface area contributed by atoms with Gasteiger partial charge in [-0.15, -0.1) is 32.9 Å². The number of hydrogen-bond donors (Lipinski definition) is 1. The quantitative estimate of drug-likeness (QED) is 0.0381. The minimum Gasteiger partial charge on any atom is -0.462 e. The van der Waals surface area contributed by atoms with Gasteiger partial charge in [-0.1, -0.05) is 37.0 Å². The van der Waals surface area contributed by atoms with Crippen LogP contribution in [0.15, 0.2) is 75.9 Å². The summed E-state index contributed by atoms with van der Waals surface area (Å²) in [6.07, 6.45) is 11.5. The van der Waals surface area contributed by atoms with Crippen LogP contribution in [0, 0.1) is 10.8 Å². The Kier molecular flexibility index (Phi) is 20.3. The minimum atomic E-state index is -0.885. The number of allylic oxidation sites excluding steroid dienone is 2. The van der Waals surface area contributed by atoms with Crippen molar-refractivity contribution in [2.45, 2.75) is 38.2 Å². The number of rotatable bonds is 27. The van der Waals surface area contributed by atoms with Crippen molar-refractivity contribution in [3.05, 3.63) is 75.9 Å². The van der Waals surface area contributed by atoms with Gasteiger partial charge in [0.25, 0.3) is 0 Å². The Morgan fingerprint density at radius 3 is 1.70 bits per heavy atom. The third kappa shape index (κ3) is 15.5. The van der Waals surface area contributed by atoms with E-state index in [1.807, 2.05) is 12.2 Å². The zero-order valence-electron chi connectivity index (χ0n) is 22.0. The van der Waals surface area contributed by atoms with Gasteiger partial charge in [-0.25, -0.2) is 29.2 Å². The van der Waals surface area contributed by atoms with E-state index >= 15 is 0 Å². The Balaban J connectivity index is 5.85. The van der Waals surface area contributed by atoms with Crippen LogP contribution < -0.4 is 0 Å². The predicted octanol–water partition coefficient (Wildman–Crippen LogP) is 5.34. The van der Waals surface area contributed by atoms with E-state index in [-0.39, 0.29) is 52.7 Å². The Morgan fingerprint density at radius 2 is 1.27 bits per heavy atom. The molecule has 0 aromatic heterocycles. The van der Waals surface area contributed by atoms with Crippen LogP contribution in [-0.2, 0) is 38.7 Å². The second-order valence-corrected chi connectivity index (χ2v) is 8.71. The molecule has 0 amide bonds. The highest BCUT2D eigenvalue weighted by molar-refractivity contribution is 5.81. The molecule has 1 atom stereocenters. The van der Waals surface area contributed by atoms with Crippen molar-refractivity contribution in [1.29, 1.82) is 0 Å². The first kappa shape index (κ1) is 34.6. The van der Waals surface area contributed by atoms with Crippen molar-refractivity contribution < 1.29 is 44.0 Å². The first-order chi connectivity index (χ1) is 17.9. The molecule has 0 saturated carbocycles. The first-order valence-corrected chi connectivity index (χ1v) is 12.1. The average molecular weight is 525 g/mol. The monoisotopic (exact) mass is 524 g/mol. The molecule has 0 spiro atoms. The molecule has 0 aliphatic rings. The number of esters is 1. The predicted molar refractivity (Wildman–Crippen MR) is 142 cm³/mol. The van der Waals surface area contributed by atoms with Gasteiger partial charge >= 0.3 is 5.97 Å². The Hall–Kier alpha value is -2.37. The molecule has 9 heteroatoms. The van der Waals surface area contributed by atoms with Gasteiger partial charge in [0, 0.05) is 16.9 Å². The second kappa shape index (κ2) is 21.7. The molecule has 0 fully saturated rings. The van der Waals surface area contributed by atoms with Crippen LogP contribution in [0.3, 0.4) is 0 Å². The smallest absolute Gasteiger partial charge is 0.330 e. The second-order valence-electron chi connectivity index (χ2n) is 8.71. The topological polar surface area (TPSA) is 102 Å². The highest BCUT2D eigenvalue weighted by Crippen LogP contribution is 2.34. The lowest BCUT2D eigenvalue weighted by molar-refractivity contribution is -0.346. The fraction of sp³-hybridized carbons (Fsp3) is 0.536. The molecule has 9 nitrogen and oxygen atoms in total. The van der Waals surface area contributed by atoms with E-state index in [9.17, 15) is 10.1 Å². The number of ether oxygens (including phenoxy) is 2. The molecule has 210 valence electrons. The summed E-state index contributed by atoms with van der Waals surface area (Å²) >= 11 is 0. The molecule has 0 radical (unpaired) electrons. The van der Waals surface area contributed by atoms with Crippen LogP contribution in [0.25, 0.3) is 0 Å². The first-order valence-electron chi connectivity index (χ1n) is 12.1. The zero-order chi connectivity index (χ0) is 27.8. The van der Waals surface area contributed by atoms with E-state index in [0.29, 0.717) is 25.7 Å². The molecule has 37 heavy (non-hydrogen) atoms. The van der Waals surface area contributed by atoms with Gasteiger partial charge in [-0.3, -0.25) is 5.26 Å². The maximum atomic E-state index is 11.8. The fourth-order valence-electron chi connectivity index (χ4n) is 3.46. The molecule has 0 rings (SSSR count). The molecule has 0 aromatic carbocycles. The van der Waals surface area contributed by atoms with E-state index in [2.05, 4.69) is 44.4 Å². The third-order valence-corrected chi connectivity index (χ3v) is 5.56. The van der Waals surface area contributed by atoms with E-state index in [1.165, 1.54) is 6.08 Å². The van der Waals surface area contributed by atoms with Crippen molar-refractivity contribution >= 4 is 5.97 Å². The van der Waals surface area contributed by atoms with E-state index in [4.69, 9.17) is 29.0 Å². The van der Waals surface area contributed by atoms with Crippen LogP contribution in [0.5, 0.6) is 0 Å². The maximum Gasteiger partial charge on any atom is 0.330 e. The summed E-state index contributed by atoms with van der Waals surface area (Å²) in [6.45, 7) is 22.9. The van der Waals surface area contributed by atoms with Crippen LogP contribution in [-0.4, -0.2) is 63.6 Å². The molecular formula is C28H44O9. The lowest BCUT2D eigenvalue weighted by Gasteiger charge is -2.37. The van der Waals surface area contributed by atoms with Crippen LogP contribution in [0.4, 0.5) is 0 Å². The highest BCUT2D eigenvalue weighted by Gasteiger charge is 2.38. The van der Waals surface area contributed by atoms with Crippen LogP contribution >= 0.6 is 0 Å². The van der Waals surface area contributed by atoms with E-state index in [1.54, 1.807) is 12.2 Å².